The molecule has 0 saturated carbocycles. The summed E-state index contributed by atoms with van der Waals surface area (Å²) in [5.74, 6) is -0.0838. The van der Waals surface area contributed by atoms with E-state index < -0.39 is 6.04 Å². The van der Waals surface area contributed by atoms with Crippen molar-refractivity contribution in [3.05, 3.63) is 77.0 Å². The molecule has 0 saturated heterocycles. The Bertz CT molecular complexity index is 798. The maximum Gasteiger partial charge on any atom is 0.319 e. The number of rotatable bonds is 4. The summed E-state index contributed by atoms with van der Waals surface area (Å²) < 4.78 is 0. The van der Waals surface area contributed by atoms with Crippen molar-refractivity contribution in [3.63, 3.8) is 0 Å². The molecule has 1 atom stereocenters. The van der Waals surface area contributed by atoms with Crippen LogP contribution in [0.25, 0.3) is 0 Å². The van der Waals surface area contributed by atoms with Crippen molar-refractivity contribution < 1.29 is 9.59 Å². The number of thioether (sulfide) groups is 1. The third-order valence-electron chi connectivity index (χ3n) is 4.00. The van der Waals surface area contributed by atoms with Crippen molar-refractivity contribution in [1.29, 1.82) is 0 Å². The Hall–Kier alpha value is -2.53. The van der Waals surface area contributed by atoms with Crippen LogP contribution in [0.15, 0.2) is 70.8 Å². The van der Waals surface area contributed by atoms with E-state index in [1.807, 2.05) is 48.7 Å². The van der Waals surface area contributed by atoms with E-state index in [-0.39, 0.29) is 11.8 Å². The fourth-order valence-electron chi connectivity index (χ4n) is 2.79. The molecule has 24 heavy (non-hydrogen) atoms. The maximum atomic E-state index is 13.0. The SMILES string of the molecule is CSc1ccc([C@@H]2NC(=O)NC(C)=C2C(=O)c2ccccc2)cc1. The zero-order valence-corrected chi connectivity index (χ0v) is 14.3. The summed E-state index contributed by atoms with van der Waals surface area (Å²) in [5, 5.41) is 5.57. The Labute approximate surface area is 145 Å². The average molecular weight is 338 g/mol. The number of benzene rings is 2. The van der Waals surface area contributed by atoms with Crippen molar-refractivity contribution in [1.82, 2.24) is 10.6 Å². The lowest BCUT2D eigenvalue weighted by molar-refractivity contribution is 0.102. The highest BCUT2D eigenvalue weighted by Gasteiger charge is 2.31. The predicted molar refractivity (Wildman–Crippen MR) is 96.1 cm³/mol. The second-order valence-corrected chi connectivity index (χ2v) is 6.42. The van der Waals surface area contributed by atoms with Crippen LogP contribution in [0.3, 0.4) is 0 Å². The number of allylic oxidation sites excluding steroid dienone is 1. The van der Waals surface area contributed by atoms with Gasteiger partial charge in [-0.25, -0.2) is 4.79 Å². The van der Waals surface area contributed by atoms with Crippen LogP contribution in [0.4, 0.5) is 4.79 Å². The maximum absolute atomic E-state index is 13.0. The van der Waals surface area contributed by atoms with Crippen molar-refractivity contribution in [2.75, 3.05) is 6.26 Å². The first-order valence-corrected chi connectivity index (χ1v) is 8.84. The van der Waals surface area contributed by atoms with Crippen molar-refractivity contribution >= 4 is 23.6 Å². The van der Waals surface area contributed by atoms with E-state index in [9.17, 15) is 9.59 Å². The molecule has 3 rings (SSSR count). The summed E-state index contributed by atoms with van der Waals surface area (Å²) in [6.45, 7) is 1.76. The summed E-state index contributed by atoms with van der Waals surface area (Å²) in [5.41, 5.74) is 2.65. The van der Waals surface area contributed by atoms with Gasteiger partial charge in [0.05, 0.1) is 6.04 Å². The lowest BCUT2D eigenvalue weighted by Crippen LogP contribution is -2.45. The molecule has 1 heterocycles. The molecular formula is C19H18N2O2S. The molecule has 1 aliphatic heterocycles. The number of carbonyl (C=O) groups is 2. The summed E-state index contributed by atoms with van der Waals surface area (Å²) in [4.78, 5) is 26.0. The van der Waals surface area contributed by atoms with Gasteiger partial charge in [0.1, 0.15) is 0 Å². The topological polar surface area (TPSA) is 58.2 Å². The quantitative estimate of drug-likeness (QED) is 0.656. The molecule has 2 aromatic carbocycles. The fourth-order valence-corrected chi connectivity index (χ4v) is 3.19. The van der Waals surface area contributed by atoms with Crippen LogP contribution in [-0.4, -0.2) is 18.1 Å². The van der Waals surface area contributed by atoms with Crippen LogP contribution >= 0.6 is 11.8 Å². The fraction of sp³-hybridized carbons (Fsp3) is 0.158. The predicted octanol–water partition coefficient (Wildman–Crippen LogP) is 3.92. The lowest BCUT2D eigenvalue weighted by Gasteiger charge is -2.28. The largest absolute Gasteiger partial charge is 0.327 e. The second kappa shape index (κ2) is 6.93. The van der Waals surface area contributed by atoms with E-state index in [2.05, 4.69) is 10.6 Å². The van der Waals surface area contributed by atoms with E-state index in [0.717, 1.165) is 10.5 Å². The van der Waals surface area contributed by atoms with Gasteiger partial charge in [-0.15, -0.1) is 11.8 Å². The van der Waals surface area contributed by atoms with Gasteiger partial charge in [-0.1, -0.05) is 42.5 Å². The number of amides is 2. The van der Waals surface area contributed by atoms with Crippen molar-refractivity contribution in [2.24, 2.45) is 0 Å². The van der Waals surface area contributed by atoms with Crippen molar-refractivity contribution in [2.45, 2.75) is 17.9 Å². The van der Waals surface area contributed by atoms with Crippen LogP contribution in [0.1, 0.15) is 28.9 Å². The van der Waals surface area contributed by atoms with Crippen LogP contribution in [0, 0.1) is 0 Å². The number of Topliss-reactive ketones (excluding diaryl/α,β-unsaturated/α-hetero) is 1. The van der Waals surface area contributed by atoms with E-state index in [1.54, 1.807) is 30.8 Å². The normalized spacial score (nSPS) is 17.2. The Morgan fingerprint density at radius 1 is 1.04 bits per heavy atom. The number of carbonyl (C=O) groups excluding carboxylic acids is 2. The highest BCUT2D eigenvalue weighted by atomic mass is 32.2. The van der Waals surface area contributed by atoms with Gasteiger partial charge in [0, 0.05) is 21.7 Å². The van der Waals surface area contributed by atoms with Gasteiger partial charge in [0.15, 0.2) is 5.78 Å². The first-order chi connectivity index (χ1) is 11.6. The minimum absolute atomic E-state index is 0.0838. The van der Waals surface area contributed by atoms with Gasteiger partial charge < -0.3 is 10.6 Å². The zero-order chi connectivity index (χ0) is 17.1. The molecule has 2 amide bonds. The van der Waals surface area contributed by atoms with Gasteiger partial charge in [-0.05, 0) is 30.9 Å². The molecule has 0 aliphatic carbocycles. The summed E-state index contributed by atoms with van der Waals surface area (Å²) in [7, 11) is 0. The molecule has 0 unspecified atom stereocenters. The molecule has 2 N–H and O–H groups in total. The lowest BCUT2D eigenvalue weighted by atomic mass is 9.90. The Morgan fingerprint density at radius 3 is 2.33 bits per heavy atom. The summed E-state index contributed by atoms with van der Waals surface area (Å²) in [6, 6.07) is 16.2. The molecule has 0 fully saturated rings. The van der Waals surface area contributed by atoms with Gasteiger partial charge >= 0.3 is 6.03 Å². The summed E-state index contributed by atoms with van der Waals surface area (Å²) >= 11 is 1.65. The minimum atomic E-state index is -0.456. The average Bonchev–Trinajstić information content (AvgIpc) is 2.61. The van der Waals surface area contributed by atoms with Gasteiger partial charge in [0.25, 0.3) is 0 Å². The minimum Gasteiger partial charge on any atom is -0.327 e. The van der Waals surface area contributed by atoms with Crippen LogP contribution < -0.4 is 10.6 Å². The smallest absolute Gasteiger partial charge is 0.319 e. The van der Waals surface area contributed by atoms with E-state index in [0.29, 0.717) is 16.8 Å². The first-order valence-electron chi connectivity index (χ1n) is 7.62. The third kappa shape index (κ3) is 3.21. The van der Waals surface area contributed by atoms with Gasteiger partial charge in [0.2, 0.25) is 0 Å². The highest BCUT2D eigenvalue weighted by molar-refractivity contribution is 7.98. The monoisotopic (exact) mass is 338 g/mol. The molecule has 122 valence electrons. The van der Waals surface area contributed by atoms with Crippen molar-refractivity contribution in [3.8, 4) is 0 Å². The van der Waals surface area contributed by atoms with Crippen LogP contribution in [0.2, 0.25) is 0 Å². The molecule has 0 radical (unpaired) electrons. The number of ketones is 1. The molecule has 0 aromatic heterocycles. The number of hydrogen-bond donors (Lipinski definition) is 2. The second-order valence-electron chi connectivity index (χ2n) is 5.54. The molecule has 0 spiro atoms. The molecular weight excluding hydrogens is 320 g/mol. The Balaban J connectivity index is 2.03. The van der Waals surface area contributed by atoms with E-state index in [4.69, 9.17) is 0 Å². The standard InChI is InChI=1S/C19H18N2O2S/c1-12-16(18(22)14-6-4-3-5-7-14)17(21-19(23)20-12)13-8-10-15(24-2)11-9-13/h3-11,17H,1-2H3,(H2,20,21,23)/t17-/m0/s1. The molecule has 2 aromatic rings. The first kappa shape index (κ1) is 16.3. The molecule has 5 heteroatoms. The summed E-state index contributed by atoms with van der Waals surface area (Å²) in [6.07, 6.45) is 2.01. The Morgan fingerprint density at radius 2 is 1.71 bits per heavy atom. The molecule has 0 bridgehead atoms. The van der Waals surface area contributed by atoms with E-state index in [1.165, 1.54) is 0 Å². The van der Waals surface area contributed by atoms with Gasteiger partial charge in [-0.3, -0.25) is 4.79 Å². The highest BCUT2D eigenvalue weighted by Crippen LogP contribution is 2.30. The molecule has 1 aliphatic rings. The van der Waals surface area contributed by atoms with Crippen LogP contribution in [0.5, 0.6) is 0 Å². The zero-order valence-electron chi connectivity index (χ0n) is 13.5. The number of nitrogens with one attached hydrogen (secondary N) is 2. The number of urea groups is 1. The Kier molecular flexibility index (Phi) is 4.71. The van der Waals surface area contributed by atoms with Crippen LogP contribution in [-0.2, 0) is 0 Å². The third-order valence-corrected chi connectivity index (χ3v) is 4.74. The van der Waals surface area contributed by atoms with E-state index >= 15 is 0 Å². The van der Waals surface area contributed by atoms with Gasteiger partial charge in [-0.2, -0.15) is 0 Å². The number of hydrogen-bond acceptors (Lipinski definition) is 3. The molecule has 4 nitrogen and oxygen atoms in total.